The number of aliphatic hydroxyl groups excluding tert-OH is 1. The van der Waals surface area contributed by atoms with Crippen LogP contribution in [-0.4, -0.2) is 56.8 Å². The predicted molar refractivity (Wildman–Crippen MR) is 80.9 cm³/mol. The maximum absolute atomic E-state index is 12.9. The highest BCUT2D eigenvalue weighted by atomic mass is 79.9. The number of benzene rings is 1. The van der Waals surface area contributed by atoms with Crippen LogP contribution in [0.5, 0.6) is 5.75 Å². The van der Waals surface area contributed by atoms with Crippen molar-refractivity contribution in [2.45, 2.75) is 24.0 Å². The molecular weight excluding hydrogens is 362 g/mol. The van der Waals surface area contributed by atoms with E-state index >= 15 is 0 Å². The lowest BCUT2D eigenvalue weighted by molar-refractivity contribution is -0.0516. The highest BCUT2D eigenvalue weighted by molar-refractivity contribution is 9.10. The molecule has 1 fully saturated rings. The zero-order valence-corrected chi connectivity index (χ0v) is 14.2. The lowest BCUT2D eigenvalue weighted by atomic mass is 10.2. The predicted octanol–water partition coefficient (Wildman–Crippen LogP) is 1.23. The molecule has 0 aromatic heterocycles. The van der Waals surface area contributed by atoms with E-state index in [9.17, 15) is 13.5 Å². The molecule has 0 amide bonds. The zero-order valence-electron chi connectivity index (χ0n) is 11.8. The molecular formula is C13H18BrNO5S. The summed E-state index contributed by atoms with van der Waals surface area (Å²) >= 11 is 3.28. The van der Waals surface area contributed by atoms with Crippen molar-refractivity contribution in [2.24, 2.45) is 0 Å². The molecule has 6 nitrogen and oxygen atoms in total. The van der Waals surface area contributed by atoms with E-state index in [0.29, 0.717) is 4.47 Å². The van der Waals surface area contributed by atoms with Crippen LogP contribution >= 0.6 is 15.9 Å². The van der Waals surface area contributed by atoms with E-state index in [1.165, 1.54) is 17.5 Å². The summed E-state index contributed by atoms with van der Waals surface area (Å²) in [5.41, 5.74) is 0. The smallest absolute Gasteiger partial charge is 0.247 e. The average molecular weight is 380 g/mol. The summed E-state index contributed by atoms with van der Waals surface area (Å²) in [7, 11) is -2.30. The molecule has 0 aliphatic carbocycles. The molecule has 1 heterocycles. The quantitative estimate of drug-likeness (QED) is 0.851. The number of halogens is 1. The number of sulfonamides is 1. The molecule has 21 heavy (non-hydrogen) atoms. The third kappa shape index (κ3) is 3.40. The standard InChI is InChI=1S/C13H18BrNO5S/c1-9-8-20-11(7-16)6-15(9)21(17,18)13-5-10(14)3-4-12(13)19-2/h3-5,9,11,16H,6-8H2,1-2H3. The van der Waals surface area contributed by atoms with Crippen molar-refractivity contribution in [2.75, 3.05) is 26.9 Å². The largest absolute Gasteiger partial charge is 0.495 e. The van der Waals surface area contributed by atoms with Gasteiger partial charge in [-0.3, -0.25) is 0 Å². The van der Waals surface area contributed by atoms with E-state index in [1.54, 1.807) is 19.1 Å². The van der Waals surface area contributed by atoms with Gasteiger partial charge in [0, 0.05) is 17.1 Å². The Morgan fingerprint density at radius 1 is 1.52 bits per heavy atom. The van der Waals surface area contributed by atoms with Gasteiger partial charge in [0.2, 0.25) is 10.0 Å². The molecule has 1 saturated heterocycles. The van der Waals surface area contributed by atoms with Crippen LogP contribution in [0.15, 0.2) is 27.6 Å². The molecule has 1 aliphatic rings. The van der Waals surface area contributed by atoms with Crippen molar-refractivity contribution in [3.63, 3.8) is 0 Å². The van der Waals surface area contributed by atoms with Gasteiger partial charge in [-0.25, -0.2) is 8.42 Å². The highest BCUT2D eigenvalue weighted by Gasteiger charge is 2.36. The Morgan fingerprint density at radius 3 is 2.86 bits per heavy atom. The summed E-state index contributed by atoms with van der Waals surface area (Å²) in [6.07, 6.45) is -0.505. The summed E-state index contributed by atoms with van der Waals surface area (Å²) in [6.45, 7) is 1.93. The number of morpholine rings is 1. The number of methoxy groups -OCH3 is 1. The Hall–Kier alpha value is -0.670. The molecule has 0 bridgehead atoms. The van der Waals surface area contributed by atoms with Crippen LogP contribution in [0.4, 0.5) is 0 Å². The molecule has 1 aromatic carbocycles. The van der Waals surface area contributed by atoms with E-state index in [0.717, 1.165) is 0 Å². The molecule has 0 saturated carbocycles. The summed E-state index contributed by atoms with van der Waals surface area (Å²) in [5.74, 6) is 0.289. The van der Waals surface area contributed by atoms with Gasteiger partial charge in [0.25, 0.3) is 0 Å². The molecule has 2 atom stereocenters. The van der Waals surface area contributed by atoms with Crippen molar-refractivity contribution < 1.29 is 23.0 Å². The van der Waals surface area contributed by atoms with Crippen LogP contribution in [0.1, 0.15) is 6.92 Å². The molecule has 118 valence electrons. The van der Waals surface area contributed by atoms with Gasteiger partial charge in [-0.2, -0.15) is 4.31 Å². The number of rotatable bonds is 4. The number of ether oxygens (including phenoxy) is 2. The van der Waals surface area contributed by atoms with Crippen molar-refractivity contribution in [1.29, 1.82) is 0 Å². The third-order valence-electron chi connectivity index (χ3n) is 3.36. The van der Waals surface area contributed by atoms with Gasteiger partial charge in [-0.05, 0) is 25.1 Å². The fourth-order valence-electron chi connectivity index (χ4n) is 2.22. The number of nitrogens with zero attached hydrogens (tertiary/aromatic N) is 1. The van der Waals surface area contributed by atoms with Crippen molar-refractivity contribution in [3.05, 3.63) is 22.7 Å². The number of aliphatic hydroxyl groups is 1. The fourth-order valence-corrected chi connectivity index (χ4v) is 4.56. The van der Waals surface area contributed by atoms with Crippen LogP contribution in [-0.2, 0) is 14.8 Å². The van der Waals surface area contributed by atoms with Crippen molar-refractivity contribution in [3.8, 4) is 5.75 Å². The van der Waals surface area contributed by atoms with Crippen LogP contribution in [0.25, 0.3) is 0 Å². The lowest BCUT2D eigenvalue weighted by Gasteiger charge is -2.36. The van der Waals surface area contributed by atoms with E-state index in [1.807, 2.05) is 0 Å². The summed E-state index contributed by atoms with van der Waals surface area (Å²) in [4.78, 5) is 0.102. The SMILES string of the molecule is COc1ccc(Br)cc1S(=O)(=O)N1CC(CO)OCC1C. The van der Waals surface area contributed by atoms with Crippen LogP contribution in [0, 0.1) is 0 Å². The van der Waals surface area contributed by atoms with Gasteiger partial charge in [0.15, 0.2) is 0 Å². The zero-order chi connectivity index (χ0) is 15.6. The number of hydrogen-bond acceptors (Lipinski definition) is 5. The van der Waals surface area contributed by atoms with E-state index < -0.39 is 16.1 Å². The van der Waals surface area contributed by atoms with Gasteiger partial charge in [-0.1, -0.05) is 15.9 Å². The van der Waals surface area contributed by atoms with Gasteiger partial charge in [0.1, 0.15) is 10.6 Å². The molecule has 2 unspecified atom stereocenters. The van der Waals surface area contributed by atoms with E-state index in [2.05, 4.69) is 15.9 Å². The molecule has 2 rings (SSSR count). The maximum Gasteiger partial charge on any atom is 0.247 e. The Labute approximate surface area is 132 Å². The summed E-state index contributed by atoms with van der Waals surface area (Å²) in [6, 6.07) is 4.54. The molecule has 1 N–H and O–H groups in total. The third-order valence-corrected chi connectivity index (χ3v) is 5.86. The van der Waals surface area contributed by atoms with Crippen molar-refractivity contribution >= 4 is 26.0 Å². The van der Waals surface area contributed by atoms with Crippen LogP contribution in [0.3, 0.4) is 0 Å². The maximum atomic E-state index is 12.9. The lowest BCUT2D eigenvalue weighted by Crippen LogP contribution is -2.51. The van der Waals surface area contributed by atoms with Crippen molar-refractivity contribution in [1.82, 2.24) is 4.31 Å². The van der Waals surface area contributed by atoms with Crippen LogP contribution < -0.4 is 4.74 Å². The van der Waals surface area contributed by atoms with Gasteiger partial charge < -0.3 is 14.6 Å². The Bertz CT molecular complexity index is 607. The molecule has 0 spiro atoms. The Kier molecular flexibility index (Phi) is 5.26. The second-order valence-electron chi connectivity index (χ2n) is 4.86. The monoisotopic (exact) mass is 379 g/mol. The summed E-state index contributed by atoms with van der Waals surface area (Å²) < 4.78 is 38.3. The molecule has 8 heteroatoms. The normalized spacial score (nSPS) is 24.0. The summed E-state index contributed by atoms with van der Waals surface area (Å²) in [5, 5.41) is 9.20. The first-order valence-corrected chi connectivity index (χ1v) is 8.71. The average Bonchev–Trinajstić information content (AvgIpc) is 2.47. The highest BCUT2D eigenvalue weighted by Crippen LogP contribution is 2.31. The second-order valence-corrected chi connectivity index (χ2v) is 7.63. The first-order chi connectivity index (χ1) is 9.90. The minimum atomic E-state index is -3.73. The first-order valence-electron chi connectivity index (χ1n) is 6.48. The van der Waals surface area contributed by atoms with Crippen LogP contribution in [0.2, 0.25) is 0 Å². The minimum absolute atomic E-state index is 0.102. The molecule has 0 radical (unpaired) electrons. The Balaban J connectivity index is 2.43. The van der Waals surface area contributed by atoms with Gasteiger partial charge >= 0.3 is 0 Å². The fraction of sp³-hybridized carbons (Fsp3) is 0.538. The Morgan fingerprint density at radius 2 is 2.24 bits per heavy atom. The van der Waals surface area contributed by atoms with Gasteiger partial charge in [-0.15, -0.1) is 0 Å². The molecule has 1 aromatic rings. The van der Waals surface area contributed by atoms with Gasteiger partial charge in [0.05, 0.1) is 26.4 Å². The van der Waals surface area contributed by atoms with E-state index in [-0.39, 0.29) is 36.4 Å². The molecule has 1 aliphatic heterocycles. The first kappa shape index (κ1) is 16.7. The topological polar surface area (TPSA) is 76.1 Å². The number of hydrogen-bond donors (Lipinski definition) is 1. The minimum Gasteiger partial charge on any atom is -0.495 e. The second kappa shape index (κ2) is 6.62. The van der Waals surface area contributed by atoms with E-state index in [4.69, 9.17) is 9.47 Å².